The Morgan fingerprint density at radius 2 is 1.05 bits per heavy atom. The molecule has 0 spiro atoms. The van der Waals surface area contributed by atoms with Crippen molar-refractivity contribution < 1.29 is 4.74 Å². The van der Waals surface area contributed by atoms with E-state index < -0.39 is 0 Å². The van der Waals surface area contributed by atoms with Crippen molar-refractivity contribution in [1.82, 2.24) is 4.90 Å². The van der Waals surface area contributed by atoms with E-state index in [1.807, 2.05) is 0 Å². The van der Waals surface area contributed by atoms with Crippen molar-refractivity contribution in [2.75, 3.05) is 33.9 Å². The first-order valence-electron chi connectivity index (χ1n) is 9.00. The largest absolute Gasteiger partial charge is 0.381 e. The van der Waals surface area contributed by atoms with Gasteiger partial charge in [0.25, 0.3) is 0 Å². The average Bonchev–Trinajstić information content (AvgIpc) is 2.43. The molecule has 0 N–H and O–H groups in total. The third-order valence-corrected chi connectivity index (χ3v) is 3.79. The van der Waals surface area contributed by atoms with Crippen molar-refractivity contribution in [2.45, 2.75) is 84.0 Å². The number of ether oxygens (including phenoxy) is 1. The summed E-state index contributed by atoms with van der Waals surface area (Å²) in [6.07, 6.45) is 16.6. The van der Waals surface area contributed by atoms with Gasteiger partial charge in [0.2, 0.25) is 0 Å². The van der Waals surface area contributed by atoms with Gasteiger partial charge < -0.3 is 9.64 Å². The molecule has 20 heavy (non-hydrogen) atoms. The van der Waals surface area contributed by atoms with Crippen molar-refractivity contribution in [3.63, 3.8) is 0 Å². The molecule has 0 atom stereocenters. The van der Waals surface area contributed by atoms with Crippen LogP contribution in [0.4, 0.5) is 0 Å². The first-order valence-corrected chi connectivity index (χ1v) is 9.00. The van der Waals surface area contributed by atoms with Crippen molar-refractivity contribution in [1.29, 1.82) is 0 Å². The van der Waals surface area contributed by atoms with Crippen LogP contribution in [0.15, 0.2) is 0 Å². The molecule has 0 aromatic rings. The minimum atomic E-state index is 0.927. The zero-order valence-corrected chi connectivity index (χ0v) is 14.5. The summed E-state index contributed by atoms with van der Waals surface area (Å²) >= 11 is 0. The lowest BCUT2D eigenvalue weighted by Gasteiger charge is -2.09. The summed E-state index contributed by atoms with van der Waals surface area (Å²) in [6, 6.07) is 0. The number of nitrogens with zero attached hydrogens (tertiary/aromatic N) is 1. The standard InChI is InChI=1S/C18H39NO/c1-4-5-6-7-8-9-10-11-12-13-14-17-20-18-15-16-19(2)3/h4-18H2,1-3H3. The zero-order valence-electron chi connectivity index (χ0n) is 14.5. The van der Waals surface area contributed by atoms with Crippen LogP contribution in [0.2, 0.25) is 0 Å². The maximum atomic E-state index is 5.64. The quantitative estimate of drug-likeness (QED) is 0.358. The van der Waals surface area contributed by atoms with Crippen LogP contribution < -0.4 is 0 Å². The SMILES string of the molecule is CCCCCCCCCCCCCOCCCN(C)C. The fourth-order valence-electron chi connectivity index (χ4n) is 2.45. The van der Waals surface area contributed by atoms with Crippen LogP contribution in [0, 0.1) is 0 Å². The molecular formula is C18H39NO. The Bertz CT molecular complexity index is 171. The third kappa shape index (κ3) is 17.9. The molecule has 0 heterocycles. The molecule has 2 heteroatoms. The van der Waals surface area contributed by atoms with Crippen LogP contribution in [0.1, 0.15) is 84.0 Å². The molecule has 0 rings (SSSR count). The summed E-state index contributed by atoms with van der Waals surface area (Å²) in [5.74, 6) is 0. The summed E-state index contributed by atoms with van der Waals surface area (Å²) < 4.78 is 5.64. The number of rotatable bonds is 16. The third-order valence-electron chi connectivity index (χ3n) is 3.79. The minimum absolute atomic E-state index is 0.927. The van der Waals surface area contributed by atoms with Gasteiger partial charge in [-0.15, -0.1) is 0 Å². The fraction of sp³-hybridized carbons (Fsp3) is 1.00. The van der Waals surface area contributed by atoms with Crippen molar-refractivity contribution in [3.8, 4) is 0 Å². The summed E-state index contributed by atoms with van der Waals surface area (Å²) in [7, 11) is 4.23. The average molecular weight is 286 g/mol. The molecule has 0 aromatic heterocycles. The maximum absolute atomic E-state index is 5.64. The van der Waals surface area contributed by atoms with Gasteiger partial charge in [-0.05, 0) is 33.5 Å². The zero-order chi connectivity index (χ0) is 14.9. The van der Waals surface area contributed by atoms with E-state index in [1.54, 1.807) is 0 Å². The second-order valence-electron chi connectivity index (χ2n) is 6.30. The van der Waals surface area contributed by atoms with E-state index in [-0.39, 0.29) is 0 Å². The Kier molecular flexibility index (Phi) is 16.9. The van der Waals surface area contributed by atoms with Crippen LogP contribution in [0.5, 0.6) is 0 Å². The smallest absolute Gasteiger partial charge is 0.0478 e. The topological polar surface area (TPSA) is 12.5 Å². The van der Waals surface area contributed by atoms with Crippen molar-refractivity contribution in [2.24, 2.45) is 0 Å². The first kappa shape index (κ1) is 19.9. The van der Waals surface area contributed by atoms with Crippen molar-refractivity contribution >= 4 is 0 Å². The fourth-order valence-corrected chi connectivity index (χ4v) is 2.45. The van der Waals surface area contributed by atoms with Gasteiger partial charge in [0.05, 0.1) is 0 Å². The molecule has 0 saturated heterocycles. The van der Waals surface area contributed by atoms with Crippen LogP contribution in [-0.2, 0) is 4.74 Å². The maximum Gasteiger partial charge on any atom is 0.0478 e. The summed E-state index contributed by atoms with van der Waals surface area (Å²) in [5, 5.41) is 0. The second kappa shape index (κ2) is 17.0. The van der Waals surface area contributed by atoms with Gasteiger partial charge in [-0.3, -0.25) is 0 Å². The summed E-state index contributed by atoms with van der Waals surface area (Å²) in [5.41, 5.74) is 0. The molecule has 0 fully saturated rings. The van der Waals surface area contributed by atoms with Gasteiger partial charge in [-0.2, -0.15) is 0 Å². The minimum Gasteiger partial charge on any atom is -0.381 e. The molecule has 0 aliphatic rings. The lowest BCUT2D eigenvalue weighted by Crippen LogP contribution is -2.14. The Balaban J connectivity index is 2.92. The van der Waals surface area contributed by atoms with E-state index >= 15 is 0 Å². The van der Waals surface area contributed by atoms with E-state index in [2.05, 4.69) is 25.9 Å². The Morgan fingerprint density at radius 3 is 1.55 bits per heavy atom. The predicted octanol–water partition coefficient (Wildman–Crippen LogP) is 5.27. The number of unbranched alkanes of at least 4 members (excludes halogenated alkanes) is 10. The van der Waals surface area contributed by atoms with Gasteiger partial charge in [0.15, 0.2) is 0 Å². The monoisotopic (exact) mass is 285 g/mol. The summed E-state index contributed by atoms with van der Waals surface area (Å²) in [6.45, 7) is 5.31. The Morgan fingerprint density at radius 1 is 0.600 bits per heavy atom. The van der Waals surface area contributed by atoms with E-state index in [9.17, 15) is 0 Å². The van der Waals surface area contributed by atoms with Crippen LogP contribution in [0.25, 0.3) is 0 Å². The van der Waals surface area contributed by atoms with E-state index in [0.717, 1.165) is 26.2 Å². The van der Waals surface area contributed by atoms with Crippen LogP contribution >= 0.6 is 0 Å². The van der Waals surface area contributed by atoms with Gasteiger partial charge in [-0.25, -0.2) is 0 Å². The first-order chi connectivity index (χ1) is 9.77. The molecule has 2 nitrogen and oxygen atoms in total. The van der Waals surface area contributed by atoms with Gasteiger partial charge >= 0.3 is 0 Å². The van der Waals surface area contributed by atoms with Crippen LogP contribution in [0.3, 0.4) is 0 Å². The normalized spacial score (nSPS) is 11.4. The molecule has 0 saturated carbocycles. The molecule has 0 amide bonds. The molecule has 0 aromatic carbocycles. The molecule has 0 radical (unpaired) electrons. The van der Waals surface area contributed by atoms with Crippen molar-refractivity contribution in [3.05, 3.63) is 0 Å². The molecule has 0 aliphatic heterocycles. The molecule has 0 aliphatic carbocycles. The van der Waals surface area contributed by atoms with E-state index in [4.69, 9.17) is 4.74 Å². The molecule has 122 valence electrons. The van der Waals surface area contributed by atoms with E-state index in [0.29, 0.717) is 0 Å². The van der Waals surface area contributed by atoms with Gasteiger partial charge in [-0.1, -0.05) is 71.1 Å². The van der Waals surface area contributed by atoms with E-state index in [1.165, 1.54) is 70.6 Å². The Hall–Kier alpha value is -0.0800. The van der Waals surface area contributed by atoms with Gasteiger partial charge in [0.1, 0.15) is 0 Å². The lowest BCUT2D eigenvalue weighted by molar-refractivity contribution is 0.122. The highest BCUT2D eigenvalue weighted by atomic mass is 16.5. The van der Waals surface area contributed by atoms with Crippen LogP contribution in [-0.4, -0.2) is 38.8 Å². The highest BCUT2D eigenvalue weighted by Crippen LogP contribution is 2.11. The van der Waals surface area contributed by atoms with Gasteiger partial charge in [0, 0.05) is 13.2 Å². The molecular weight excluding hydrogens is 246 g/mol. The second-order valence-corrected chi connectivity index (χ2v) is 6.30. The molecule has 0 unspecified atom stereocenters. The predicted molar refractivity (Wildman–Crippen MR) is 90.5 cm³/mol. The summed E-state index contributed by atoms with van der Waals surface area (Å²) in [4.78, 5) is 2.21. The highest BCUT2D eigenvalue weighted by molar-refractivity contribution is 4.48. The number of hydrogen-bond acceptors (Lipinski definition) is 2. The number of hydrogen-bond donors (Lipinski definition) is 0. The lowest BCUT2D eigenvalue weighted by atomic mass is 10.1. The highest BCUT2D eigenvalue weighted by Gasteiger charge is 1.94. The Labute approximate surface area is 128 Å². The molecule has 0 bridgehead atoms.